The van der Waals surface area contributed by atoms with E-state index in [2.05, 4.69) is 17.5 Å². The first-order valence-electron chi connectivity index (χ1n) is 12.3. The molecular weight excluding hydrogens is 635 g/mol. The largest absolute Gasteiger partial charge is 0.416 e. The number of halogens is 6. The zero-order chi connectivity index (χ0) is 29.2. The standard InChI is InChI=1S/C28H14F6N4S4/c29-27(30,31)15-5-1-13(2-6-15)17-9-11-19(39-17)21-23-25(37-41-35-23)22(26-24(21)36-42-38-26)20-12-10-18(40-20)14-3-7-16(8-4-14)28(32,33)34/h1,3,5-12H,2,4H2. The first-order valence-corrected chi connectivity index (χ1v) is 15.4. The molecule has 4 heterocycles. The predicted molar refractivity (Wildman–Crippen MR) is 154 cm³/mol. The molecule has 1 aromatic carbocycles. The van der Waals surface area contributed by atoms with Crippen LogP contribution in [-0.4, -0.2) is 29.8 Å². The second kappa shape index (κ2) is 10.1. The van der Waals surface area contributed by atoms with Crippen LogP contribution in [0.2, 0.25) is 0 Å². The Bertz CT molecular complexity index is 2130. The van der Waals surface area contributed by atoms with Crippen LogP contribution in [0.1, 0.15) is 12.8 Å². The number of hydrogen-bond donors (Lipinski definition) is 0. The van der Waals surface area contributed by atoms with Gasteiger partial charge in [-0.3, -0.25) is 0 Å². The Morgan fingerprint density at radius 2 is 0.857 bits per heavy atom. The molecule has 2 aliphatic rings. The SMILES string of the molecule is FC(F)(F)C1=CCC(=c2ccc(=c3c4nsnc4c(=c4ccc(=C5C=CC(C(F)(F)F)=CC5)s4)c4nsnc34)s2)C=C1. The predicted octanol–water partition coefficient (Wildman–Crippen LogP) is 7.59. The summed E-state index contributed by atoms with van der Waals surface area (Å²) in [6.07, 6.45) is -0.806. The molecule has 0 unspecified atom stereocenters. The highest BCUT2D eigenvalue weighted by Crippen LogP contribution is 2.32. The molecule has 0 aliphatic heterocycles. The van der Waals surface area contributed by atoms with Gasteiger partial charge in [0.2, 0.25) is 0 Å². The van der Waals surface area contributed by atoms with E-state index in [4.69, 9.17) is 0 Å². The number of thiophene rings is 2. The van der Waals surface area contributed by atoms with Crippen LogP contribution >= 0.6 is 46.1 Å². The fourth-order valence-corrected chi connectivity index (χ4v) is 8.19. The minimum Gasteiger partial charge on any atom is -0.172 e. The Hall–Kier alpha value is -3.46. The van der Waals surface area contributed by atoms with E-state index in [0.29, 0.717) is 22.1 Å². The number of aromatic nitrogens is 4. The molecule has 0 atom stereocenters. The molecule has 4 nitrogen and oxygen atoms in total. The highest BCUT2D eigenvalue weighted by atomic mass is 32.1. The molecule has 42 heavy (non-hydrogen) atoms. The highest BCUT2D eigenvalue weighted by Gasteiger charge is 2.33. The summed E-state index contributed by atoms with van der Waals surface area (Å²) in [6, 6.07) is 7.59. The van der Waals surface area contributed by atoms with E-state index in [0.717, 1.165) is 75.3 Å². The lowest BCUT2D eigenvalue weighted by molar-refractivity contribution is -0.0893. The van der Waals surface area contributed by atoms with E-state index in [1.165, 1.54) is 47.0 Å². The lowest BCUT2D eigenvalue weighted by Crippen LogP contribution is -2.12. The number of fused-ring (bicyclic) bond motifs is 2. The van der Waals surface area contributed by atoms with Crippen molar-refractivity contribution < 1.29 is 26.3 Å². The molecule has 7 rings (SSSR count). The lowest BCUT2D eigenvalue weighted by atomic mass is 10.0. The van der Waals surface area contributed by atoms with Gasteiger partial charge >= 0.3 is 12.4 Å². The zero-order valence-electron chi connectivity index (χ0n) is 20.9. The lowest BCUT2D eigenvalue weighted by Gasteiger charge is -2.11. The van der Waals surface area contributed by atoms with E-state index < -0.39 is 23.5 Å². The van der Waals surface area contributed by atoms with Gasteiger partial charge in [-0.2, -0.15) is 43.8 Å². The molecule has 0 saturated carbocycles. The van der Waals surface area contributed by atoms with Crippen molar-refractivity contribution in [3.05, 3.63) is 100 Å². The van der Waals surface area contributed by atoms with Crippen LogP contribution in [0.4, 0.5) is 26.3 Å². The third-order valence-corrected chi connectivity index (χ3v) is 10.3. The monoisotopic (exact) mass is 648 g/mol. The first-order chi connectivity index (χ1) is 20.1. The first kappa shape index (κ1) is 27.4. The van der Waals surface area contributed by atoms with Gasteiger partial charge in [-0.15, -0.1) is 22.7 Å². The smallest absolute Gasteiger partial charge is 0.172 e. The summed E-state index contributed by atoms with van der Waals surface area (Å²) >= 11 is 5.00. The molecule has 0 amide bonds. The van der Waals surface area contributed by atoms with Crippen LogP contribution in [0.5, 0.6) is 0 Å². The van der Waals surface area contributed by atoms with Crippen LogP contribution in [0.3, 0.4) is 0 Å². The van der Waals surface area contributed by atoms with Crippen molar-refractivity contribution in [2.45, 2.75) is 25.2 Å². The van der Waals surface area contributed by atoms with E-state index in [1.807, 2.05) is 24.3 Å². The number of hydrogen-bond acceptors (Lipinski definition) is 8. The Morgan fingerprint density at radius 3 is 1.17 bits per heavy atom. The number of nitrogens with zero attached hydrogens (tertiary/aromatic N) is 4. The van der Waals surface area contributed by atoms with Gasteiger partial charge in [0.05, 0.1) is 34.6 Å². The van der Waals surface area contributed by atoms with Crippen molar-refractivity contribution >= 4 is 79.3 Å². The number of allylic oxidation sites excluding steroid dienone is 8. The molecule has 0 fully saturated rings. The normalized spacial score (nSPS) is 18.7. The summed E-state index contributed by atoms with van der Waals surface area (Å²) in [4.78, 5) is 0. The molecule has 5 aromatic rings. The number of rotatable bonds is 0. The van der Waals surface area contributed by atoms with Crippen molar-refractivity contribution in [3.8, 4) is 0 Å². The molecule has 0 bridgehead atoms. The molecule has 212 valence electrons. The summed E-state index contributed by atoms with van der Waals surface area (Å²) < 4.78 is 100. The molecule has 0 spiro atoms. The zero-order valence-corrected chi connectivity index (χ0v) is 24.1. The van der Waals surface area contributed by atoms with Gasteiger partial charge in [0, 0.05) is 28.6 Å². The molecule has 14 heteroatoms. The Balaban J connectivity index is 1.44. The fraction of sp³-hybridized carbons (Fsp3) is 0.143. The third kappa shape index (κ3) is 4.75. The number of alkyl halides is 6. The molecule has 0 saturated heterocycles. The maximum absolute atomic E-state index is 13.0. The van der Waals surface area contributed by atoms with E-state index in [1.54, 1.807) is 0 Å². The Kier molecular flexibility index (Phi) is 6.57. The van der Waals surface area contributed by atoms with Gasteiger partial charge in [0.25, 0.3) is 0 Å². The second-order valence-corrected chi connectivity index (χ2v) is 12.7. The fourth-order valence-electron chi connectivity index (χ4n) is 4.89. The van der Waals surface area contributed by atoms with E-state index in [-0.39, 0.29) is 12.8 Å². The minimum absolute atomic E-state index is 0.174. The van der Waals surface area contributed by atoms with Crippen molar-refractivity contribution in [2.75, 3.05) is 0 Å². The Labute approximate surface area is 247 Å². The van der Waals surface area contributed by atoms with Gasteiger partial charge in [0.1, 0.15) is 22.1 Å². The van der Waals surface area contributed by atoms with Gasteiger partial charge in [0.15, 0.2) is 0 Å². The topological polar surface area (TPSA) is 51.6 Å². The van der Waals surface area contributed by atoms with Crippen LogP contribution in [0, 0.1) is 19.5 Å². The molecular formula is C28H14F6N4S4. The summed E-state index contributed by atoms with van der Waals surface area (Å²) in [5, 5.41) is 1.53. The highest BCUT2D eigenvalue weighted by molar-refractivity contribution is 7.08. The number of benzene rings is 1. The van der Waals surface area contributed by atoms with Crippen LogP contribution in [0.25, 0.3) is 33.2 Å². The van der Waals surface area contributed by atoms with E-state index in [9.17, 15) is 26.3 Å². The summed E-state index contributed by atoms with van der Waals surface area (Å²) in [6.45, 7) is 0. The quantitative estimate of drug-likeness (QED) is 0.163. The molecule has 4 aromatic heterocycles. The van der Waals surface area contributed by atoms with Crippen molar-refractivity contribution in [3.63, 3.8) is 0 Å². The van der Waals surface area contributed by atoms with Crippen LogP contribution in [-0.2, 0) is 0 Å². The average Bonchev–Trinajstić information content (AvgIpc) is 3.77. The summed E-state index contributed by atoms with van der Waals surface area (Å²) in [5.74, 6) is 0. The van der Waals surface area contributed by atoms with Gasteiger partial charge in [-0.1, -0.05) is 36.5 Å². The van der Waals surface area contributed by atoms with Crippen molar-refractivity contribution in [2.24, 2.45) is 0 Å². The summed E-state index contributed by atoms with van der Waals surface area (Å²) in [7, 11) is 0. The van der Waals surface area contributed by atoms with Gasteiger partial charge in [-0.05, 0) is 48.3 Å². The van der Waals surface area contributed by atoms with Gasteiger partial charge < -0.3 is 0 Å². The summed E-state index contributed by atoms with van der Waals surface area (Å²) in [5.41, 5.74) is 2.84. The third-order valence-electron chi connectivity index (χ3n) is 6.93. The molecule has 2 aliphatic carbocycles. The maximum atomic E-state index is 13.0. The average molecular weight is 649 g/mol. The van der Waals surface area contributed by atoms with Crippen molar-refractivity contribution in [1.29, 1.82) is 0 Å². The van der Waals surface area contributed by atoms with Gasteiger partial charge in [-0.25, -0.2) is 0 Å². The van der Waals surface area contributed by atoms with Crippen LogP contribution < -0.4 is 9.06 Å². The second-order valence-electron chi connectivity index (χ2n) is 9.44. The Morgan fingerprint density at radius 1 is 0.500 bits per heavy atom. The molecule has 0 radical (unpaired) electrons. The van der Waals surface area contributed by atoms with Crippen molar-refractivity contribution in [1.82, 2.24) is 17.5 Å². The maximum Gasteiger partial charge on any atom is 0.416 e. The molecule has 0 N–H and O–H groups in total. The van der Waals surface area contributed by atoms with Crippen LogP contribution in [0.15, 0.2) is 71.9 Å². The van der Waals surface area contributed by atoms with E-state index >= 15 is 0 Å². The minimum atomic E-state index is -4.38.